The van der Waals surface area contributed by atoms with Crippen LogP contribution in [0.1, 0.15) is 55.3 Å². The third-order valence-electron chi connectivity index (χ3n) is 3.34. The Balaban J connectivity index is 1.84. The first-order valence-corrected chi connectivity index (χ1v) is 6.87. The van der Waals surface area contributed by atoms with Gasteiger partial charge in [0.25, 0.3) is 5.91 Å². The zero-order valence-corrected chi connectivity index (χ0v) is 11.5. The van der Waals surface area contributed by atoms with Crippen LogP contribution in [-0.4, -0.2) is 33.6 Å². The lowest BCUT2D eigenvalue weighted by Crippen LogP contribution is -2.29. The van der Waals surface area contributed by atoms with Gasteiger partial charge in [0.15, 0.2) is 0 Å². The molecule has 1 aliphatic rings. The van der Waals surface area contributed by atoms with Gasteiger partial charge in [-0.3, -0.25) is 4.79 Å². The number of carbonyl (C=O) groups is 1. The Kier molecular flexibility index (Phi) is 4.47. The van der Waals surface area contributed by atoms with Crippen molar-refractivity contribution in [3.63, 3.8) is 0 Å². The van der Waals surface area contributed by atoms with Gasteiger partial charge in [0.1, 0.15) is 11.5 Å². The Morgan fingerprint density at radius 3 is 2.89 bits per heavy atom. The van der Waals surface area contributed by atoms with Gasteiger partial charge in [-0.25, -0.2) is 9.97 Å². The number of amides is 1. The van der Waals surface area contributed by atoms with E-state index in [0.29, 0.717) is 24.6 Å². The summed E-state index contributed by atoms with van der Waals surface area (Å²) in [6, 6.07) is 1.63. The largest absolute Gasteiger partial charge is 0.393 e. The smallest absolute Gasteiger partial charge is 0.270 e. The van der Waals surface area contributed by atoms with E-state index in [1.807, 2.05) is 13.8 Å². The van der Waals surface area contributed by atoms with Gasteiger partial charge >= 0.3 is 0 Å². The molecule has 0 bridgehead atoms. The van der Waals surface area contributed by atoms with Crippen molar-refractivity contribution in [2.75, 3.05) is 6.54 Å². The maximum Gasteiger partial charge on any atom is 0.270 e. The summed E-state index contributed by atoms with van der Waals surface area (Å²) in [5.41, 5.74) is 0.413. The van der Waals surface area contributed by atoms with E-state index in [4.69, 9.17) is 0 Å². The van der Waals surface area contributed by atoms with Crippen molar-refractivity contribution in [1.29, 1.82) is 0 Å². The summed E-state index contributed by atoms with van der Waals surface area (Å²) in [6.07, 6.45) is 4.05. The average molecular weight is 263 g/mol. The Morgan fingerprint density at radius 2 is 2.26 bits per heavy atom. The molecule has 1 amide bonds. The van der Waals surface area contributed by atoms with Crippen LogP contribution in [0.3, 0.4) is 0 Å². The highest BCUT2D eigenvalue weighted by molar-refractivity contribution is 5.92. The molecule has 104 valence electrons. The summed E-state index contributed by atoms with van der Waals surface area (Å²) < 4.78 is 0. The van der Waals surface area contributed by atoms with Gasteiger partial charge in [0.2, 0.25) is 0 Å². The number of hydrogen-bond donors (Lipinski definition) is 2. The average Bonchev–Trinajstić information content (AvgIpc) is 3.22. The number of carbonyl (C=O) groups excluding carboxylic acids is 1. The molecule has 1 fully saturated rings. The minimum Gasteiger partial charge on any atom is -0.393 e. The summed E-state index contributed by atoms with van der Waals surface area (Å²) in [7, 11) is 0. The second kappa shape index (κ2) is 6.10. The van der Waals surface area contributed by atoms with Crippen LogP contribution >= 0.6 is 0 Å². The molecule has 1 aromatic rings. The van der Waals surface area contributed by atoms with E-state index in [-0.39, 0.29) is 17.9 Å². The molecule has 2 N–H and O–H groups in total. The number of nitrogens with one attached hydrogen (secondary N) is 1. The highest BCUT2D eigenvalue weighted by Gasteiger charge is 2.27. The number of rotatable bonds is 6. The van der Waals surface area contributed by atoms with Crippen molar-refractivity contribution < 1.29 is 9.90 Å². The van der Waals surface area contributed by atoms with Crippen LogP contribution in [0.15, 0.2) is 12.3 Å². The van der Waals surface area contributed by atoms with Gasteiger partial charge in [-0.15, -0.1) is 0 Å². The van der Waals surface area contributed by atoms with E-state index in [1.165, 1.54) is 0 Å². The van der Waals surface area contributed by atoms with Crippen molar-refractivity contribution in [1.82, 2.24) is 15.3 Å². The molecule has 1 unspecified atom stereocenters. The molecule has 0 aliphatic heterocycles. The summed E-state index contributed by atoms with van der Waals surface area (Å²) in [4.78, 5) is 20.4. The molecule has 1 saturated carbocycles. The normalized spacial score (nSPS) is 16.4. The standard InChI is InChI=1S/C14H21N3O2/c1-9(2)12(18)6-8-16-14(19)11-5-7-15-13(17-11)10-3-4-10/h5,7,9-10,12,18H,3-4,6,8H2,1-2H3,(H,16,19). The van der Waals surface area contributed by atoms with Crippen molar-refractivity contribution >= 4 is 5.91 Å². The van der Waals surface area contributed by atoms with Gasteiger partial charge < -0.3 is 10.4 Å². The van der Waals surface area contributed by atoms with Crippen molar-refractivity contribution in [2.45, 2.75) is 45.1 Å². The molecule has 0 radical (unpaired) electrons. The van der Waals surface area contributed by atoms with Crippen LogP contribution in [-0.2, 0) is 0 Å². The molecular weight excluding hydrogens is 242 g/mol. The molecule has 0 saturated heterocycles. The van der Waals surface area contributed by atoms with Crippen molar-refractivity contribution in [3.8, 4) is 0 Å². The second-order valence-corrected chi connectivity index (χ2v) is 5.43. The number of nitrogens with zero attached hydrogens (tertiary/aromatic N) is 2. The molecule has 1 atom stereocenters. The monoisotopic (exact) mass is 263 g/mol. The van der Waals surface area contributed by atoms with Crippen LogP contribution in [0.2, 0.25) is 0 Å². The highest BCUT2D eigenvalue weighted by Crippen LogP contribution is 2.37. The first-order valence-electron chi connectivity index (χ1n) is 6.87. The number of aromatic nitrogens is 2. The lowest BCUT2D eigenvalue weighted by atomic mass is 10.0. The van der Waals surface area contributed by atoms with Crippen LogP contribution in [0.5, 0.6) is 0 Å². The minimum absolute atomic E-state index is 0.194. The summed E-state index contributed by atoms with van der Waals surface area (Å²) in [5.74, 6) is 1.23. The third-order valence-corrected chi connectivity index (χ3v) is 3.34. The van der Waals surface area contributed by atoms with Crippen molar-refractivity contribution in [2.24, 2.45) is 5.92 Å². The molecule has 19 heavy (non-hydrogen) atoms. The van der Waals surface area contributed by atoms with E-state index in [9.17, 15) is 9.90 Å². The Morgan fingerprint density at radius 1 is 1.53 bits per heavy atom. The number of aliphatic hydroxyl groups excluding tert-OH is 1. The van der Waals surface area contributed by atoms with E-state index >= 15 is 0 Å². The molecule has 1 heterocycles. The maximum atomic E-state index is 11.9. The van der Waals surface area contributed by atoms with E-state index in [1.54, 1.807) is 12.3 Å². The van der Waals surface area contributed by atoms with Gasteiger partial charge in [0.05, 0.1) is 6.10 Å². The molecule has 1 aliphatic carbocycles. The minimum atomic E-state index is -0.382. The molecule has 5 nitrogen and oxygen atoms in total. The van der Waals surface area contributed by atoms with E-state index in [0.717, 1.165) is 18.7 Å². The van der Waals surface area contributed by atoms with Crippen LogP contribution in [0, 0.1) is 5.92 Å². The first kappa shape index (κ1) is 13.9. The second-order valence-electron chi connectivity index (χ2n) is 5.43. The molecule has 0 aromatic carbocycles. The Hall–Kier alpha value is -1.49. The molecule has 2 rings (SSSR count). The quantitative estimate of drug-likeness (QED) is 0.815. The van der Waals surface area contributed by atoms with Crippen LogP contribution in [0.25, 0.3) is 0 Å². The number of aliphatic hydroxyl groups is 1. The molecule has 0 spiro atoms. The summed E-state index contributed by atoms with van der Waals surface area (Å²) >= 11 is 0. The van der Waals surface area contributed by atoms with Gasteiger partial charge in [-0.2, -0.15) is 0 Å². The lowest BCUT2D eigenvalue weighted by Gasteiger charge is -2.14. The fraction of sp³-hybridized carbons (Fsp3) is 0.643. The first-order chi connectivity index (χ1) is 9.08. The van der Waals surface area contributed by atoms with E-state index in [2.05, 4.69) is 15.3 Å². The van der Waals surface area contributed by atoms with Gasteiger partial charge in [-0.1, -0.05) is 13.8 Å². The summed E-state index contributed by atoms with van der Waals surface area (Å²) in [6.45, 7) is 4.37. The maximum absolute atomic E-state index is 11.9. The Bertz CT molecular complexity index is 444. The SMILES string of the molecule is CC(C)C(O)CCNC(=O)c1ccnc(C2CC2)n1. The zero-order chi connectivity index (χ0) is 13.8. The predicted octanol–water partition coefficient (Wildman–Crippen LogP) is 1.49. The predicted molar refractivity (Wildman–Crippen MR) is 71.8 cm³/mol. The highest BCUT2D eigenvalue weighted by atomic mass is 16.3. The molecule has 5 heteroatoms. The fourth-order valence-electron chi connectivity index (χ4n) is 1.80. The Labute approximate surface area is 113 Å². The zero-order valence-electron chi connectivity index (χ0n) is 11.5. The fourth-order valence-corrected chi connectivity index (χ4v) is 1.80. The van der Waals surface area contributed by atoms with Gasteiger partial charge in [0, 0.05) is 18.7 Å². The third kappa shape index (κ3) is 3.99. The van der Waals surface area contributed by atoms with Crippen LogP contribution in [0.4, 0.5) is 0 Å². The van der Waals surface area contributed by atoms with Gasteiger partial charge in [-0.05, 0) is 31.2 Å². The van der Waals surface area contributed by atoms with Crippen LogP contribution < -0.4 is 5.32 Å². The summed E-state index contributed by atoms with van der Waals surface area (Å²) in [5, 5.41) is 12.4. The lowest BCUT2D eigenvalue weighted by molar-refractivity contribution is 0.0915. The van der Waals surface area contributed by atoms with Crippen molar-refractivity contribution in [3.05, 3.63) is 23.8 Å². The molecular formula is C14H21N3O2. The van der Waals surface area contributed by atoms with E-state index < -0.39 is 0 Å². The topological polar surface area (TPSA) is 75.1 Å². The number of hydrogen-bond acceptors (Lipinski definition) is 4. The molecule has 1 aromatic heterocycles.